The maximum atomic E-state index is 2.63. The molecule has 0 N–H and O–H groups in total. The largest absolute Gasteiger partial charge is 0.220 e. The van der Waals surface area contributed by atoms with Crippen LogP contribution in [0.25, 0.3) is 66.1 Å². The average molecular weight is 1430 g/mol. The molecule has 3 aromatic heterocycles. The molecule has 4 aliphatic rings. The van der Waals surface area contributed by atoms with Crippen LogP contribution in [0.15, 0.2) is 225 Å². The van der Waals surface area contributed by atoms with Crippen molar-refractivity contribution in [2.75, 3.05) is 0 Å². The van der Waals surface area contributed by atoms with Gasteiger partial charge in [-0.1, -0.05) is 275 Å². The molecule has 0 bridgehead atoms. The maximum Gasteiger partial charge on any atom is 0.220 e. The van der Waals surface area contributed by atoms with E-state index in [-0.39, 0.29) is 0 Å². The van der Waals surface area contributed by atoms with Crippen molar-refractivity contribution in [3.63, 3.8) is 0 Å². The fraction of sp³-hybridized carbons (Fsp3) is 0.364. The number of hydrogen-bond donors (Lipinski definition) is 0. The molecule has 538 valence electrons. The molecule has 4 saturated carbocycles. The topological polar surface area (TPSA) is 11.6 Å². The summed E-state index contributed by atoms with van der Waals surface area (Å²) < 4.78 is 7.03. The Morgan fingerprint density at radius 3 is 1.00 bits per heavy atom. The molecule has 4 aliphatic carbocycles. The summed E-state index contributed by atoms with van der Waals surface area (Å²) in [6, 6.07) is 82.9. The molecule has 6 heteroatoms. The van der Waals surface area contributed by atoms with Crippen molar-refractivity contribution in [1.29, 1.82) is 0 Å². The second kappa shape index (κ2) is 31.7. The summed E-state index contributed by atoms with van der Waals surface area (Å²) in [5.41, 5.74) is 24.8. The Bertz CT molecular complexity index is 5070. The molecule has 0 spiro atoms. The van der Waals surface area contributed by atoms with Crippen LogP contribution in [0.5, 0.6) is 0 Å². The van der Waals surface area contributed by atoms with Crippen LogP contribution in [0.4, 0.5) is 0 Å². The first-order valence-electron chi connectivity index (χ1n) is 40.4. The Labute approximate surface area is 633 Å². The molecule has 3 heterocycles. The molecular formula is C99H118N3Si3+3. The number of aryl methyl sites for hydroxylation is 5. The van der Waals surface area contributed by atoms with E-state index in [0.29, 0.717) is 0 Å². The molecule has 0 aliphatic heterocycles. The maximum absolute atomic E-state index is 2.63. The summed E-state index contributed by atoms with van der Waals surface area (Å²) in [7, 11) is 1.83. The summed E-state index contributed by atoms with van der Waals surface area (Å²) in [5.74, 6) is 2.95. The highest BCUT2D eigenvalue weighted by molar-refractivity contribution is 6.90. The lowest BCUT2D eigenvalue weighted by Crippen LogP contribution is -2.44. The van der Waals surface area contributed by atoms with Crippen LogP contribution in [0.2, 0.25) is 39.3 Å². The van der Waals surface area contributed by atoms with Crippen molar-refractivity contribution in [2.45, 2.75) is 212 Å². The first-order chi connectivity index (χ1) is 50.7. The molecule has 16 rings (SSSR count). The van der Waals surface area contributed by atoms with E-state index in [1.54, 1.807) is 21.9 Å². The van der Waals surface area contributed by atoms with Gasteiger partial charge in [-0.05, 0) is 218 Å². The Kier molecular flexibility index (Phi) is 22.3. The van der Waals surface area contributed by atoms with E-state index in [4.69, 9.17) is 0 Å². The molecule has 0 saturated heterocycles. The lowest BCUT2D eigenvalue weighted by atomic mass is 9.84. The predicted molar refractivity (Wildman–Crippen MR) is 457 cm³/mol. The highest BCUT2D eigenvalue weighted by Crippen LogP contribution is 2.45. The normalized spacial score (nSPS) is 15.6. The number of fused-ring (bicyclic) bond motifs is 3. The zero-order valence-electron chi connectivity index (χ0n) is 65.9. The monoisotopic (exact) mass is 1430 g/mol. The lowest BCUT2D eigenvalue weighted by molar-refractivity contribution is -0.659. The summed E-state index contributed by atoms with van der Waals surface area (Å²) in [4.78, 5) is 0. The Morgan fingerprint density at radius 2 is 0.619 bits per heavy atom. The van der Waals surface area contributed by atoms with Gasteiger partial charge in [-0.2, -0.15) is 0 Å². The summed E-state index contributed by atoms with van der Waals surface area (Å²) in [6.07, 6.45) is 28.7. The van der Waals surface area contributed by atoms with E-state index < -0.39 is 24.2 Å². The number of pyridine rings is 3. The van der Waals surface area contributed by atoms with Crippen LogP contribution in [0, 0.1) is 27.7 Å². The van der Waals surface area contributed by atoms with Crippen LogP contribution >= 0.6 is 0 Å². The van der Waals surface area contributed by atoms with Crippen LogP contribution < -0.4 is 29.3 Å². The molecule has 0 amide bonds. The highest BCUT2D eigenvalue weighted by atomic mass is 28.3. The van der Waals surface area contributed by atoms with Gasteiger partial charge in [-0.15, -0.1) is 0 Å². The zero-order chi connectivity index (χ0) is 73.2. The first kappa shape index (κ1) is 73.7. The van der Waals surface area contributed by atoms with E-state index in [1.807, 2.05) is 0 Å². The molecule has 105 heavy (non-hydrogen) atoms. The Balaban J connectivity index is 0.000000133. The standard InChI is InChI=1S/C36H44NSi.C32H38NSi.C31H36NSi/c1-26-34(29-16-10-11-17-29)23-31(28-14-8-9-15-28)24-35(26)36-33-19-18-32(22-30(33)20-21-37(36)2)38(3,4)25-27-12-6-5-7-13-27;1-23-19-28(26-13-9-10-14-26)21-31(24(23)2)32-30-16-15-29(20-27(30)17-18-33(32)3)34(4,5)22-25-11-7-6-8-12-25;1-23-14-15-26(25-12-8-9-13-25)21-30(23)31-29-17-16-28(20-27(29)18-19-32(31)2)33(3,4)22-24-10-6-5-7-11-24/h5-7,12-13,18-24,28-29H,8-11,14-17,25H2,1-4H3;6-8,11-12,15-21,26H,9-10,13-14,22H2,1-5H3;5-7,10-11,14-21,25H,8-9,12-13,22H2,1-4H3/q3*+1. The van der Waals surface area contributed by atoms with Crippen LogP contribution in [-0.4, -0.2) is 24.2 Å². The minimum absolute atomic E-state index is 0.731. The third kappa shape index (κ3) is 16.3. The summed E-state index contributed by atoms with van der Waals surface area (Å²) >= 11 is 0. The van der Waals surface area contributed by atoms with Crippen molar-refractivity contribution in [2.24, 2.45) is 21.1 Å². The summed E-state index contributed by atoms with van der Waals surface area (Å²) in [5, 5.41) is 12.9. The molecule has 4 fully saturated rings. The van der Waals surface area contributed by atoms with Gasteiger partial charge in [0.1, 0.15) is 21.1 Å². The van der Waals surface area contributed by atoms with Gasteiger partial charge in [-0.3, -0.25) is 0 Å². The van der Waals surface area contributed by atoms with Gasteiger partial charge in [0.15, 0.2) is 18.6 Å². The van der Waals surface area contributed by atoms with Gasteiger partial charge in [0.2, 0.25) is 17.1 Å². The fourth-order valence-corrected chi connectivity index (χ4v) is 26.8. The van der Waals surface area contributed by atoms with Crippen LogP contribution in [-0.2, 0) is 39.3 Å². The van der Waals surface area contributed by atoms with Crippen LogP contribution in [0.1, 0.15) is 188 Å². The third-order valence-electron chi connectivity index (χ3n) is 25.7. The van der Waals surface area contributed by atoms with Crippen molar-refractivity contribution < 1.29 is 13.7 Å². The third-order valence-corrected chi connectivity index (χ3v) is 35.2. The van der Waals surface area contributed by atoms with Gasteiger partial charge >= 0.3 is 0 Å². The highest BCUT2D eigenvalue weighted by Gasteiger charge is 2.33. The number of aromatic nitrogens is 3. The minimum atomic E-state index is -1.62. The molecule has 0 unspecified atom stereocenters. The molecule has 3 nitrogen and oxygen atoms in total. The lowest BCUT2D eigenvalue weighted by Gasteiger charge is -2.24. The number of rotatable bonds is 16. The van der Waals surface area contributed by atoms with Crippen molar-refractivity contribution in [1.82, 2.24) is 0 Å². The van der Waals surface area contributed by atoms with Gasteiger partial charge in [-0.25, -0.2) is 13.7 Å². The SMILES string of the molecule is Cc1c(-c2c3ccc([Si](C)(C)Cc4ccccc4)cc3cc[n+]2C)cc(C2CCCC2)cc1C1CCCC1.Cc1cc(C2CCCC2)cc(-c2c3ccc([Si](C)(C)Cc4ccccc4)cc3cc[n+]2C)c1C.Cc1ccc(C2CCCC2)cc1-c1c2ccc([Si](C)(C)Cc3ccccc3)cc2cc[n+]1C. The van der Waals surface area contributed by atoms with Crippen molar-refractivity contribution in [3.05, 3.63) is 286 Å². The molecular weight excluding hydrogens is 1320 g/mol. The van der Waals surface area contributed by atoms with Gasteiger partial charge in [0.25, 0.3) is 0 Å². The van der Waals surface area contributed by atoms with E-state index in [9.17, 15) is 0 Å². The number of benzene rings is 9. The van der Waals surface area contributed by atoms with E-state index in [1.165, 1.54) is 242 Å². The zero-order valence-corrected chi connectivity index (χ0v) is 68.9. The van der Waals surface area contributed by atoms with Crippen molar-refractivity contribution in [3.8, 4) is 33.8 Å². The smallest absolute Gasteiger partial charge is 0.200 e. The Hall–Kier alpha value is -8.14. The second-order valence-corrected chi connectivity index (χ2v) is 48.8. The van der Waals surface area contributed by atoms with Crippen molar-refractivity contribution >= 4 is 72.1 Å². The Morgan fingerprint density at radius 1 is 0.295 bits per heavy atom. The van der Waals surface area contributed by atoms with Gasteiger partial charge in [0, 0.05) is 23.8 Å². The van der Waals surface area contributed by atoms with Crippen LogP contribution in [0.3, 0.4) is 0 Å². The molecule has 0 atom stereocenters. The quantitative estimate of drug-likeness (QED) is 0.0675. The van der Waals surface area contributed by atoms with E-state index in [0.717, 1.165) is 23.7 Å². The minimum Gasteiger partial charge on any atom is -0.200 e. The van der Waals surface area contributed by atoms with E-state index in [2.05, 4.69) is 327 Å². The van der Waals surface area contributed by atoms with Gasteiger partial charge in [0.05, 0.1) is 51.5 Å². The number of hydrogen-bond acceptors (Lipinski definition) is 0. The molecule has 0 radical (unpaired) electrons. The predicted octanol–water partition coefficient (Wildman–Crippen LogP) is 22.9. The second-order valence-electron chi connectivity index (χ2n) is 34.7. The first-order valence-corrected chi connectivity index (χ1v) is 50.1. The van der Waals surface area contributed by atoms with Gasteiger partial charge < -0.3 is 0 Å². The average Bonchev–Trinajstić information content (AvgIpc) is 1.38. The van der Waals surface area contributed by atoms with E-state index >= 15 is 0 Å². The molecule has 9 aromatic carbocycles. The molecule has 12 aromatic rings. The summed E-state index contributed by atoms with van der Waals surface area (Å²) in [6.45, 7) is 24.3. The fourth-order valence-electron chi connectivity index (χ4n) is 19.2. The number of nitrogens with zero attached hydrogens (tertiary/aromatic N) is 3.